The first kappa shape index (κ1) is 20.4. The van der Waals surface area contributed by atoms with Gasteiger partial charge in [0.1, 0.15) is 5.82 Å². The number of hydrogen-bond acceptors (Lipinski definition) is 7. The normalized spacial score (nSPS) is 20.8. The van der Waals surface area contributed by atoms with E-state index in [1.54, 1.807) is 17.4 Å². The molecule has 7 rings (SSSR count). The van der Waals surface area contributed by atoms with Crippen LogP contribution < -0.4 is 10.2 Å². The maximum atomic E-state index is 14.4. The molecule has 6 heterocycles. The molecule has 7 nitrogen and oxygen atoms in total. The third kappa shape index (κ3) is 3.46. The maximum Gasteiger partial charge on any atom is 0.163 e. The highest BCUT2D eigenvalue weighted by atomic mass is 32.1. The Morgan fingerprint density at radius 3 is 2.97 bits per heavy atom. The molecule has 9 heteroatoms. The van der Waals surface area contributed by atoms with Crippen LogP contribution in [0.2, 0.25) is 0 Å². The third-order valence-electron chi connectivity index (χ3n) is 7.03. The van der Waals surface area contributed by atoms with Crippen LogP contribution in [0.1, 0.15) is 4.88 Å². The molecule has 0 saturated carbocycles. The van der Waals surface area contributed by atoms with E-state index in [1.807, 2.05) is 12.3 Å². The number of anilines is 1. The topological polar surface area (TPSA) is 69.3 Å². The molecule has 0 bridgehead atoms. The van der Waals surface area contributed by atoms with Crippen LogP contribution in [0.15, 0.2) is 42.2 Å². The second kappa shape index (κ2) is 8.04. The lowest BCUT2D eigenvalue weighted by molar-refractivity contribution is 0.122. The molecule has 3 aromatic heterocycles. The van der Waals surface area contributed by atoms with Gasteiger partial charge in [-0.15, -0.1) is 11.3 Å². The van der Waals surface area contributed by atoms with E-state index in [4.69, 9.17) is 14.7 Å². The summed E-state index contributed by atoms with van der Waals surface area (Å²) in [6.45, 7) is 7.01. The zero-order valence-electron chi connectivity index (χ0n) is 18.7. The number of morpholine rings is 1. The van der Waals surface area contributed by atoms with E-state index in [1.165, 1.54) is 16.5 Å². The first-order chi connectivity index (χ1) is 16.7. The largest absolute Gasteiger partial charge is 0.390 e. The fourth-order valence-corrected chi connectivity index (χ4v) is 6.54. The minimum atomic E-state index is -0.295. The molecular weight excluding hydrogens is 451 g/mol. The molecule has 2 N–H and O–H groups in total. The highest BCUT2D eigenvalue weighted by Crippen LogP contribution is 2.37. The van der Waals surface area contributed by atoms with Crippen molar-refractivity contribution in [1.29, 1.82) is 0 Å². The molecule has 0 amide bonds. The van der Waals surface area contributed by atoms with Crippen molar-refractivity contribution in [2.45, 2.75) is 6.54 Å². The molecule has 3 aliphatic heterocycles. The standard InChI is InChI=1S/C25H25FN6OS/c26-17-7-20(19-1-2-28-21(19)8-17)24-29-22-9-18(14-31-12-15-10-27-11-16(15)13-31)34-23(22)25(30-24)32-3-5-33-6-4-32/h1-2,7-10,16,27-28H,3-6,11-14H2. The SMILES string of the molecule is Fc1cc(-c2nc(N3CCOCC3)c3sc(CN4CC5=CNCC5C4)cc3n2)c2cc[nH]c2c1. The molecule has 0 radical (unpaired) electrons. The van der Waals surface area contributed by atoms with Crippen LogP contribution in [0, 0.1) is 11.7 Å². The second-order valence-electron chi connectivity index (χ2n) is 9.28. The summed E-state index contributed by atoms with van der Waals surface area (Å²) in [6, 6.07) is 7.21. The van der Waals surface area contributed by atoms with Crippen molar-refractivity contribution in [3.63, 3.8) is 0 Å². The van der Waals surface area contributed by atoms with Gasteiger partial charge in [0.15, 0.2) is 11.6 Å². The third-order valence-corrected chi connectivity index (χ3v) is 8.14. The summed E-state index contributed by atoms with van der Waals surface area (Å²) < 4.78 is 21.1. The van der Waals surface area contributed by atoms with Crippen LogP contribution in [-0.2, 0) is 11.3 Å². The van der Waals surface area contributed by atoms with Crippen molar-refractivity contribution in [2.75, 3.05) is 50.8 Å². The lowest BCUT2D eigenvalue weighted by Gasteiger charge is -2.28. The van der Waals surface area contributed by atoms with Crippen molar-refractivity contribution in [3.8, 4) is 11.4 Å². The van der Waals surface area contributed by atoms with Gasteiger partial charge in [0.2, 0.25) is 0 Å². The number of aromatic nitrogens is 3. The minimum absolute atomic E-state index is 0.295. The summed E-state index contributed by atoms with van der Waals surface area (Å²) in [5, 5.41) is 4.29. The summed E-state index contributed by atoms with van der Waals surface area (Å²) in [5.74, 6) is 1.84. The van der Waals surface area contributed by atoms with Gasteiger partial charge in [-0.1, -0.05) is 0 Å². The van der Waals surface area contributed by atoms with Gasteiger partial charge in [-0.25, -0.2) is 14.4 Å². The van der Waals surface area contributed by atoms with E-state index in [0.29, 0.717) is 30.5 Å². The Bertz CT molecular complexity index is 1420. The van der Waals surface area contributed by atoms with Gasteiger partial charge in [-0.3, -0.25) is 4.90 Å². The fraction of sp³-hybridized carbons (Fsp3) is 0.360. The van der Waals surface area contributed by atoms with Crippen molar-refractivity contribution in [3.05, 3.63) is 52.9 Å². The molecular formula is C25H25FN6OS. The number of H-pyrrole nitrogens is 1. The number of ether oxygens (including phenoxy) is 1. The lowest BCUT2D eigenvalue weighted by Crippen LogP contribution is -2.36. The number of nitrogens with one attached hydrogen (secondary N) is 2. The molecule has 1 atom stereocenters. The summed E-state index contributed by atoms with van der Waals surface area (Å²) >= 11 is 1.78. The van der Waals surface area contributed by atoms with Crippen molar-refractivity contribution < 1.29 is 9.13 Å². The predicted octanol–water partition coefficient (Wildman–Crippen LogP) is 3.73. The van der Waals surface area contributed by atoms with Gasteiger partial charge in [0.25, 0.3) is 0 Å². The average molecular weight is 477 g/mol. The minimum Gasteiger partial charge on any atom is -0.390 e. The fourth-order valence-electron chi connectivity index (χ4n) is 5.38. The molecule has 0 spiro atoms. The quantitative estimate of drug-likeness (QED) is 0.468. The molecule has 1 unspecified atom stereocenters. The van der Waals surface area contributed by atoms with Crippen molar-refractivity contribution in [2.24, 2.45) is 5.92 Å². The van der Waals surface area contributed by atoms with E-state index in [9.17, 15) is 4.39 Å². The van der Waals surface area contributed by atoms with Gasteiger partial charge >= 0.3 is 0 Å². The van der Waals surface area contributed by atoms with Crippen LogP contribution in [0.25, 0.3) is 32.5 Å². The summed E-state index contributed by atoms with van der Waals surface area (Å²) in [6.07, 6.45) is 4.01. The average Bonchev–Trinajstić information content (AvgIpc) is 3.62. The van der Waals surface area contributed by atoms with E-state index < -0.39 is 0 Å². The van der Waals surface area contributed by atoms with E-state index in [2.05, 4.69) is 32.4 Å². The number of halogens is 1. The maximum absolute atomic E-state index is 14.4. The van der Waals surface area contributed by atoms with E-state index in [0.717, 1.165) is 66.2 Å². The number of hydrogen-bond donors (Lipinski definition) is 2. The second-order valence-corrected chi connectivity index (χ2v) is 10.4. The van der Waals surface area contributed by atoms with Crippen LogP contribution in [0.4, 0.5) is 10.2 Å². The first-order valence-corrected chi connectivity index (χ1v) is 12.6. The van der Waals surface area contributed by atoms with Crippen molar-refractivity contribution >= 4 is 38.3 Å². The number of fused-ring (bicyclic) bond motifs is 3. The lowest BCUT2D eigenvalue weighted by atomic mass is 10.1. The van der Waals surface area contributed by atoms with Gasteiger partial charge < -0.3 is 19.9 Å². The zero-order valence-corrected chi connectivity index (χ0v) is 19.5. The smallest absolute Gasteiger partial charge is 0.163 e. The number of likely N-dealkylation sites (tertiary alicyclic amines) is 1. The highest BCUT2D eigenvalue weighted by molar-refractivity contribution is 7.19. The Morgan fingerprint density at radius 2 is 2.09 bits per heavy atom. The molecule has 2 fully saturated rings. The van der Waals surface area contributed by atoms with E-state index in [-0.39, 0.29) is 5.82 Å². The molecule has 4 aromatic rings. The molecule has 34 heavy (non-hydrogen) atoms. The van der Waals surface area contributed by atoms with Gasteiger partial charge in [-0.05, 0) is 36.0 Å². The summed E-state index contributed by atoms with van der Waals surface area (Å²) in [4.78, 5) is 19.2. The monoisotopic (exact) mass is 476 g/mol. The summed E-state index contributed by atoms with van der Waals surface area (Å²) in [5.41, 5.74) is 3.91. The molecule has 1 aromatic carbocycles. The van der Waals surface area contributed by atoms with Crippen LogP contribution in [0.3, 0.4) is 0 Å². The van der Waals surface area contributed by atoms with Crippen LogP contribution >= 0.6 is 11.3 Å². The van der Waals surface area contributed by atoms with Gasteiger partial charge in [0.05, 0.1) is 23.4 Å². The van der Waals surface area contributed by atoms with Crippen LogP contribution in [-0.4, -0.2) is 65.8 Å². The Balaban J connectivity index is 1.32. The number of aromatic amines is 1. The number of thiophene rings is 1. The molecule has 174 valence electrons. The highest BCUT2D eigenvalue weighted by Gasteiger charge is 2.30. The molecule has 0 aliphatic carbocycles. The zero-order chi connectivity index (χ0) is 22.6. The molecule has 3 aliphatic rings. The Hall–Kier alpha value is -3.01. The Morgan fingerprint density at radius 1 is 1.18 bits per heavy atom. The van der Waals surface area contributed by atoms with Crippen LogP contribution in [0.5, 0.6) is 0 Å². The summed E-state index contributed by atoms with van der Waals surface area (Å²) in [7, 11) is 0. The van der Waals surface area contributed by atoms with E-state index >= 15 is 0 Å². The Kier molecular flexibility index (Phi) is 4.82. The van der Waals surface area contributed by atoms with Gasteiger partial charge in [-0.2, -0.15) is 0 Å². The number of nitrogens with zero attached hydrogens (tertiary/aromatic N) is 4. The van der Waals surface area contributed by atoms with Gasteiger partial charge in [0, 0.05) is 72.7 Å². The first-order valence-electron chi connectivity index (χ1n) is 11.8. The van der Waals surface area contributed by atoms with Crippen molar-refractivity contribution in [1.82, 2.24) is 25.2 Å². The number of rotatable bonds is 4. The molecule has 2 saturated heterocycles. The predicted molar refractivity (Wildman–Crippen MR) is 133 cm³/mol. The number of benzene rings is 1. The Labute approximate surface area is 200 Å².